The van der Waals surface area contributed by atoms with E-state index in [1.165, 1.54) is 18.4 Å². The van der Waals surface area contributed by atoms with E-state index in [2.05, 4.69) is 18.2 Å². The fraction of sp³-hybridized carbons (Fsp3) is 0.636. The zero-order valence-electron chi connectivity index (χ0n) is 8.45. The predicted molar refractivity (Wildman–Crippen MR) is 53.7 cm³/mol. The highest BCUT2D eigenvalue weighted by molar-refractivity contribution is 5.17. The zero-order valence-corrected chi connectivity index (χ0v) is 8.45. The molecule has 0 radical (unpaired) electrons. The smallest absolute Gasteiger partial charge is 0.0679 e. The summed E-state index contributed by atoms with van der Waals surface area (Å²) in [5, 5.41) is 0. The third-order valence-electron chi connectivity index (χ3n) is 2.31. The molecule has 1 unspecified atom stereocenters. The summed E-state index contributed by atoms with van der Waals surface area (Å²) < 4.78 is 10.2. The third kappa shape index (κ3) is 3.33. The minimum absolute atomic E-state index is 0.579. The van der Waals surface area contributed by atoms with Crippen LogP contribution in [0.1, 0.15) is 12.8 Å². The van der Waals surface area contributed by atoms with Gasteiger partial charge in [0.15, 0.2) is 0 Å². The molecule has 0 aliphatic heterocycles. The topological polar surface area (TPSA) is 18.5 Å². The fourth-order valence-electron chi connectivity index (χ4n) is 1.62. The molecule has 1 aliphatic rings. The van der Waals surface area contributed by atoms with Crippen molar-refractivity contribution in [2.75, 3.05) is 27.4 Å². The van der Waals surface area contributed by atoms with Crippen LogP contribution in [0.3, 0.4) is 0 Å². The Bertz CT molecular complexity index is 194. The SMILES string of the molecule is COC/C=C(\COC)C1C=CCC1. The Hall–Kier alpha value is -0.600. The van der Waals surface area contributed by atoms with Crippen LogP contribution in [-0.2, 0) is 9.47 Å². The first-order chi connectivity index (χ1) is 6.38. The largest absolute Gasteiger partial charge is 0.381 e. The molecule has 0 heterocycles. The van der Waals surface area contributed by atoms with Gasteiger partial charge in [0.1, 0.15) is 0 Å². The van der Waals surface area contributed by atoms with E-state index in [1.54, 1.807) is 14.2 Å². The molecule has 0 N–H and O–H groups in total. The average molecular weight is 182 g/mol. The number of hydrogen-bond donors (Lipinski definition) is 0. The Morgan fingerprint density at radius 2 is 2.31 bits per heavy atom. The number of methoxy groups -OCH3 is 2. The lowest BCUT2D eigenvalue weighted by Gasteiger charge is -2.12. The monoisotopic (exact) mass is 182 g/mol. The molecule has 0 spiro atoms. The van der Waals surface area contributed by atoms with Crippen LogP contribution in [0.4, 0.5) is 0 Å². The molecule has 1 rings (SSSR count). The van der Waals surface area contributed by atoms with Gasteiger partial charge in [-0.1, -0.05) is 18.2 Å². The van der Waals surface area contributed by atoms with Crippen LogP contribution < -0.4 is 0 Å². The first-order valence-corrected chi connectivity index (χ1v) is 4.72. The van der Waals surface area contributed by atoms with Gasteiger partial charge >= 0.3 is 0 Å². The predicted octanol–water partition coefficient (Wildman–Crippen LogP) is 2.17. The lowest BCUT2D eigenvalue weighted by molar-refractivity contribution is 0.211. The molecule has 2 nitrogen and oxygen atoms in total. The van der Waals surface area contributed by atoms with Crippen molar-refractivity contribution in [3.8, 4) is 0 Å². The normalized spacial score (nSPS) is 22.6. The fourth-order valence-corrected chi connectivity index (χ4v) is 1.62. The van der Waals surface area contributed by atoms with Crippen LogP contribution in [-0.4, -0.2) is 27.4 Å². The van der Waals surface area contributed by atoms with E-state index >= 15 is 0 Å². The lowest BCUT2D eigenvalue weighted by Crippen LogP contribution is -2.05. The Kier molecular flexibility index (Phi) is 4.79. The highest BCUT2D eigenvalue weighted by Crippen LogP contribution is 2.24. The van der Waals surface area contributed by atoms with Gasteiger partial charge in [-0.25, -0.2) is 0 Å². The van der Waals surface area contributed by atoms with E-state index in [1.807, 2.05) is 0 Å². The van der Waals surface area contributed by atoms with Crippen molar-refractivity contribution in [1.29, 1.82) is 0 Å². The van der Waals surface area contributed by atoms with E-state index in [0.717, 1.165) is 6.61 Å². The van der Waals surface area contributed by atoms with Gasteiger partial charge in [-0.3, -0.25) is 0 Å². The van der Waals surface area contributed by atoms with Gasteiger partial charge in [-0.05, 0) is 18.4 Å². The molecule has 0 aromatic heterocycles. The number of allylic oxidation sites excluding steroid dienone is 2. The summed E-state index contributed by atoms with van der Waals surface area (Å²) in [7, 11) is 3.45. The second-order valence-electron chi connectivity index (χ2n) is 3.28. The van der Waals surface area contributed by atoms with Crippen molar-refractivity contribution in [2.45, 2.75) is 12.8 Å². The highest BCUT2D eigenvalue weighted by atomic mass is 16.5. The summed E-state index contributed by atoms with van der Waals surface area (Å²) in [4.78, 5) is 0. The molecule has 1 atom stereocenters. The first kappa shape index (κ1) is 10.5. The lowest BCUT2D eigenvalue weighted by atomic mass is 9.99. The maximum atomic E-state index is 5.16. The van der Waals surface area contributed by atoms with Crippen molar-refractivity contribution < 1.29 is 9.47 Å². The summed E-state index contributed by atoms with van der Waals surface area (Å²) in [6, 6.07) is 0. The van der Waals surface area contributed by atoms with Gasteiger partial charge in [0, 0.05) is 20.1 Å². The summed E-state index contributed by atoms with van der Waals surface area (Å²) in [5.41, 5.74) is 1.35. The Labute approximate surface area is 80.2 Å². The quantitative estimate of drug-likeness (QED) is 0.607. The molecule has 1 aliphatic carbocycles. The molecule has 0 amide bonds. The van der Waals surface area contributed by atoms with Gasteiger partial charge in [-0.15, -0.1) is 0 Å². The van der Waals surface area contributed by atoms with Crippen LogP contribution in [0, 0.1) is 5.92 Å². The second-order valence-corrected chi connectivity index (χ2v) is 3.28. The summed E-state index contributed by atoms with van der Waals surface area (Å²) >= 11 is 0. The Balaban J connectivity index is 2.49. The van der Waals surface area contributed by atoms with Gasteiger partial charge < -0.3 is 9.47 Å². The molecule has 0 bridgehead atoms. The van der Waals surface area contributed by atoms with Crippen LogP contribution >= 0.6 is 0 Å². The second kappa shape index (κ2) is 5.95. The van der Waals surface area contributed by atoms with E-state index in [0.29, 0.717) is 12.5 Å². The number of rotatable bonds is 5. The van der Waals surface area contributed by atoms with Crippen molar-refractivity contribution in [3.63, 3.8) is 0 Å². The van der Waals surface area contributed by atoms with Crippen molar-refractivity contribution >= 4 is 0 Å². The zero-order chi connectivity index (χ0) is 9.52. The maximum absolute atomic E-state index is 5.16. The van der Waals surface area contributed by atoms with Gasteiger partial charge in [0.25, 0.3) is 0 Å². The molecular weight excluding hydrogens is 164 g/mol. The number of ether oxygens (including phenoxy) is 2. The summed E-state index contributed by atoms with van der Waals surface area (Å²) in [5.74, 6) is 0.579. The molecule has 0 aromatic rings. The van der Waals surface area contributed by atoms with Crippen LogP contribution in [0.2, 0.25) is 0 Å². The van der Waals surface area contributed by atoms with Crippen molar-refractivity contribution in [2.24, 2.45) is 5.92 Å². The molecule has 0 aromatic carbocycles. The van der Waals surface area contributed by atoms with Crippen LogP contribution in [0.5, 0.6) is 0 Å². The van der Waals surface area contributed by atoms with Crippen molar-refractivity contribution in [1.82, 2.24) is 0 Å². The van der Waals surface area contributed by atoms with E-state index < -0.39 is 0 Å². The summed E-state index contributed by atoms with van der Waals surface area (Å²) in [6.45, 7) is 1.40. The van der Waals surface area contributed by atoms with Crippen LogP contribution in [0.25, 0.3) is 0 Å². The van der Waals surface area contributed by atoms with Gasteiger partial charge in [-0.2, -0.15) is 0 Å². The minimum atomic E-state index is 0.579. The third-order valence-corrected chi connectivity index (χ3v) is 2.31. The molecule has 2 heteroatoms. The molecular formula is C11H18O2. The molecule has 74 valence electrons. The standard InChI is InChI=1S/C11H18O2/c1-12-8-7-11(9-13-2)10-5-3-4-6-10/h3,5,7,10H,4,6,8-9H2,1-2H3/b11-7+. The average Bonchev–Trinajstić information content (AvgIpc) is 2.65. The molecule has 0 saturated heterocycles. The first-order valence-electron chi connectivity index (χ1n) is 4.72. The highest BCUT2D eigenvalue weighted by Gasteiger charge is 2.13. The maximum Gasteiger partial charge on any atom is 0.0679 e. The van der Waals surface area contributed by atoms with Gasteiger partial charge in [0.2, 0.25) is 0 Å². The Morgan fingerprint density at radius 1 is 1.46 bits per heavy atom. The Morgan fingerprint density at radius 3 is 2.85 bits per heavy atom. The molecule has 0 saturated carbocycles. The van der Waals surface area contributed by atoms with E-state index in [9.17, 15) is 0 Å². The molecule has 13 heavy (non-hydrogen) atoms. The van der Waals surface area contributed by atoms with Crippen molar-refractivity contribution in [3.05, 3.63) is 23.8 Å². The van der Waals surface area contributed by atoms with Crippen LogP contribution in [0.15, 0.2) is 23.8 Å². The van der Waals surface area contributed by atoms with Gasteiger partial charge in [0.05, 0.1) is 13.2 Å². The summed E-state index contributed by atoms with van der Waals surface area (Å²) in [6.07, 6.45) is 9.04. The van der Waals surface area contributed by atoms with E-state index in [-0.39, 0.29) is 0 Å². The number of hydrogen-bond acceptors (Lipinski definition) is 2. The minimum Gasteiger partial charge on any atom is -0.381 e. The van der Waals surface area contributed by atoms with E-state index in [4.69, 9.17) is 9.47 Å². The molecule has 0 fully saturated rings.